The van der Waals surface area contributed by atoms with E-state index in [0.717, 1.165) is 38.3 Å². The lowest BCUT2D eigenvalue weighted by Gasteiger charge is -2.34. The van der Waals surface area contributed by atoms with Crippen molar-refractivity contribution in [1.82, 2.24) is 15.1 Å². The smallest absolute Gasteiger partial charge is 0.317 e. The van der Waals surface area contributed by atoms with Gasteiger partial charge in [-0.1, -0.05) is 59.1 Å². The zero-order valence-corrected chi connectivity index (χ0v) is 16.4. The number of hydrogen-bond donors (Lipinski definition) is 1. The summed E-state index contributed by atoms with van der Waals surface area (Å²) in [5.41, 5.74) is 3.52. The molecule has 0 aliphatic carbocycles. The zero-order valence-electron chi connectivity index (χ0n) is 14.8. The van der Waals surface area contributed by atoms with Gasteiger partial charge in [-0.15, -0.1) is 0 Å². The van der Waals surface area contributed by atoms with Crippen LogP contribution in [0, 0.1) is 6.92 Å². The van der Waals surface area contributed by atoms with E-state index in [-0.39, 0.29) is 6.03 Å². The van der Waals surface area contributed by atoms with E-state index in [9.17, 15) is 4.79 Å². The van der Waals surface area contributed by atoms with Crippen LogP contribution in [0.2, 0.25) is 10.0 Å². The van der Waals surface area contributed by atoms with E-state index in [1.54, 1.807) is 12.1 Å². The molecular weight excluding hydrogens is 369 g/mol. The third-order valence-corrected chi connectivity index (χ3v) is 5.35. The van der Waals surface area contributed by atoms with Crippen molar-refractivity contribution >= 4 is 29.2 Å². The molecule has 1 aliphatic rings. The van der Waals surface area contributed by atoms with Crippen LogP contribution in [0.15, 0.2) is 42.5 Å². The maximum atomic E-state index is 12.4. The van der Waals surface area contributed by atoms with Crippen molar-refractivity contribution < 1.29 is 4.79 Å². The van der Waals surface area contributed by atoms with Crippen LogP contribution in [0.3, 0.4) is 0 Å². The fraction of sp³-hybridized carbons (Fsp3) is 0.350. The van der Waals surface area contributed by atoms with Crippen LogP contribution in [-0.2, 0) is 13.1 Å². The summed E-state index contributed by atoms with van der Waals surface area (Å²) in [4.78, 5) is 16.6. The first kappa shape index (κ1) is 19.0. The first-order valence-corrected chi connectivity index (χ1v) is 9.51. The van der Waals surface area contributed by atoms with Gasteiger partial charge in [0.25, 0.3) is 0 Å². The molecule has 2 aromatic carbocycles. The van der Waals surface area contributed by atoms with Crippen molar-refractivity contribution in [2.45, 2.75) is 20.0 Å². The standard InChI is InChI=1S/C20H23Cl2N3O/c1-15-2-4-16(5-3-15)14-24-8-10-25(11-9-24)20(26)23-13-17-6-7-18(21)19(22)12-17/h2-7,12H,8-11,13-14H2,1H3,(H,23,26). The number of nitrogens with zero attached hydrogens (tertiary/aromatic N) is 2. The highest BCUT2D eigenvalue weighted by Crippen LogP contribution is 2.22. The summed E-state index contributed by atoms with van der Waals surface area (Å²) in [6, 6.07) is 14.0. The lowest BCUT2D eigenvalue weighted by molar-refractivity contribution is 0.135. The van der Waals surface area contributed by atoms with Gasteiger partial charge in [-0.2, -0.15) is 0 Å². The highest BCUT2D eigenvalue weighted by molar-refractivity contribution is 6.42. The van der Waals surface area contributed by atoms with Crippen LogP contribution in [0.4, 0.5) is 4.79 Å². The van der Waals surface area contributed by atoms with E-state index in [1.807, 2.05) is 11.0 Å². The molecule has 2 amide bonds. The van der Waals surface area contributed by atoms with Gasteiger partial charge in [0.1, 0.15) is 0 Å². The highest BCUT2D eigenvalue weighted by Gasteiger charge is 2.20. The fourth-order valence-electron chi connectivity index (χ4n) is 3.00. The van der Waals surface area contributed by atoms with Crippen molar-refractivity contribution in [1.29, 1.82) is 0 Å². The third kappa shape index (κ3) is 5.13. The Morgan fingerprint density at radius 3 is 2.27 bits per heavy atom. The minimum atomic E-state index is -0.0361. The number of aryl methyl sites for hydroxylation is 1. The number of piperazine rings is 1. The lowest BCUT2D eigenvalue weighted by Crippen LogP contribution is -2.51. The Kier molecular flexibility index (Phi) is 6.41. The molecule has 4 nitrogen and oxygen atoms in total. The monoisotopic (exact) mass is 391 g/mol. The Balaban J connectivity index is 1.44. The van der Waals surface area contributed by atoms with E-state index >= 15 is 0 Å². The molecule has 0 aromatic heterocycles. The third-order valence-electron chi connectivity index (χ3n) is 4.61. The van der Waals surface area contributed by atoms with Gasteiger partial charge in [-0.3, -0.25) is 4.90 Å². The zero-order chi connectivity index (χ0) is 18.5. The van der Waals surface area contributed by atoms with E-state index in [1.165, 1.54) is 11.1 Å². The predicted octanol–water partition coefficient (Wildman–Crippen LogP) is 4.33. The van der Waals surface area contributed by atoms with Gasteiger partial charge >= 0.3 is 6.03 Å². The molecule has 0 saturated carbocycles. The Morgan fingerprint density at radius 2 is 1.62 bits per heavy atom. The average molecular weight is 392 g/mol. The highest BCUT2D eigenvalue weighted by atomic mass is 35.5. The van der Waals surface area contributed by atoms with Crippen molar-refractivity contribution in [2.75, 3.05) is 26.2 Å². The number of urea groups is 1. The summed E-state index contributed by atoms with van der Waals surface area (Å²) >= 11 is 11.9. The van der Waals surface area contributed by atoms with Gasteiger partial charge in [-0.05, 0) is 30.2 Å². The summed E-state index contributed by atoms with van der Waals surface area (Å²) in [5, 5.41) is 3.98. The lowest BCUT2D eigenvalue weighted by atomic mass is 10.1. The van der Waals surface area contributed by atoms with Gasteiger partial charge in [0.15, 0.2) is 0 Å². The molecule has 6 heteroatoms. The number of carbonyl (C=O) groups is 1. The molecule has 1 fully saturated rings. The van der Waals surface area contributed by atoms with Crippen molar-refractivity contribution in [3.05, 3.63) is 69.2 Å². The Bertz CT molecular complexity index is 756. The van der Waals surface area contributed by atoms with E-state index in [2.05, 4.69) is 41.4 Å². The number of halogens is 2. The first-order chi connectivity index (χ1) is 12.5. The molecule has 0 atom stereocenters. The molecule has 138 valence electrons. The van der Waals surface area contributed by atoms with Crippen molar-refractivity contribution in [3.8, 4) is 0 Å². The summed E-state index contributed by atoms with van der Waals surface area (Å²) in [6.07, 6.45) is 0. The summed E-state index contributed by atoms with van der Waals surface area (Å²) in [7, 11) is 0. The minimum Gasteiger partial charge on any atom is -0.334 e. The normalized spacial score (nSPS) is 15.1. The molecule has 0 unspecified atom stereocenters. The predicted molar refractivity (Wildman–Crippen MR) is 107 cm³/mol. The van der Waals surface area contributed by atoms with Gasteiger partial charge in [-0.25, -0.2) is 4.79 Å². The number of amides is 2. The van der Waals surface area contributed by atoms with Crippen LogP contribution < -0.4 is 5.32 Å². The molecule has 26 heavy (non-hydrogen) atoms. The number of rotatable bonds is 4. The van der Waals surface area contributed by atoms with Crippen LogP contribution in [0.25, 0.3) is 0 Å². The maximum absolute atomic E-state index is 12.4. The molecule has 2 aromatic rings. The summed E-state index contributed by atoms with van der Waals surface area (Å²) in [5.74, 6) is 0. The molecular formula is C20H23Cl2N3O. The SMILES string of the molecule is Cc1ccc(CN2CCN(C(=O)NCc3ccc(Cl)c(Cl)c3)CC2)cc1. The molecule has 1 heterocycles. The van der Waals surface area contributed by atoms with Crippen molar-refractivity contribution in [2.24, 2.45) is 0 Å². The van der Waals surface area contributed by atoms with Gasteiger partial charge in [0.05, 0.1) is 10.0 Å². The number of benzene rings is 2. The van der Waals surface area contributed by atoms with Gasteiger partial charge in [0, 0.05) is 39.3 Å². The van der Waals surface area contributed by atoms with Gasteiger partial charge < -0.3 is 10.2 Å². The second kappa shape index (κ2) is 8.76. The second-order valence-corrected chi connectivity index (χ2v) is 7.47. The first-order valence-electron chi connectivity index (χ1n) is 8.76. The van der Waals surface area contributed by atoms with Crippen LogP contribution in [0.5, 0.6) is 0 Å². The Morgan fingerprint density at radius 1 is 0.962 bits per heavy atom. The molecule has 1 N–H and O–H groups in total. The van der Waals surface area contributed by atoms with E-state index in [4.69, 9.17) is 23.2 Å². The maximum Gasteiger partial charge on any atom is 0.317 e. The molecule has 3 rings (SSSR count). The van der Waals surface area contributed by atoms with Crippen LogP contribution >= 0.6 is 23.2 Å². The van der Waals surface area contributed by atoms with Gasteiger partial charge in [0.2, 0.25) is 0 Å². The van der Waals surface area contributed by atoms with E-state index < -0.39 is 0 Å². The molecule has 1 aliphatic heterocycles. The Labute approximate surface area is 164 Å². The second-order valence-electron chi connectivity index (χ2n) is 6.66. The average Bonchev–Trinajstić information content (AvgIpc) is 2.65. The van der Waals surface area contributed by atoms with E-state index in [0.29, 0.717) is 16.6 Å². The summed E-state index contributed by atoms with van der Waals surface area (Å²) < 4.78 is 0. The van der Waals surface area contributed by atoms with Crippen LogP contribution in [0.1, 0.15) is 16.7 Å². The molecule has 0 spiro atoms. The minimum absolute atomic E-state index is 0.0361. The van der Waals surface area contributed by atoms with Crippen molar-refractivity contribution in [3.63, 3.8) is 0 Å². The summed E-state index contributed by atoms with van der Waals surface area (Å²) in [6.45, 7) is 6.71. The van der Waals surface area contributed by atoms with Crippen LogP contribution in [-0.4, -0.2) is 42.0 Å². The number of nitrogens with one attached hydrogen (secondary N) is 1. The topological polar surface area (TPSA) is 35.6 Å². The Hall–Kier alpha value is -1.75. The fourth-order valence-corrected chi connectivity index (χ4v) is 3.32. The quantitative estimate of drug-likeness (QED) is 0.841. The molecule has 1 saturated heterocycles. The molecule has 0 bridgehead atoms. The number of hydrogen-bond acceptors (Lipinski definition) is 2. The number of carbonyl (C=O) groups excluding carboxylic acids is 1. The largest absolute Gasteiger partial charge is 0.334 e. The molecule has 0 radical (unpaired) electrons.